The molecule has 1 aromatic carbocycles. The lowest BCUT2D eigenvalue weighted by atomic mass is 10.1. The molecule has 0 unspecified atom stereocenters. The third kappa shape index (κ3) is 2.30. The number of nitrogens with zero attached hydrogens (tertiary/aromatic N) is 2. The Labute approximate surface area is 113 Å². The van der Waals surface area contributed by atoms with Crippen LogP contribution in [-0.4, -0.2) is 20.8 Å². The van der Waals surface area contributed by atoms with Crippen molar-refractivity contribution < 1.29 is 0 Å². The normalized spacial score (nSPS) is 10.7. The van der Waals surface area contributed by atoms with Crippen LogP contribution in [0.4, 0.5) is 0 Å². The predicted octanol–water partition coefficient (Wildman–Crippen LogP) is 2.39. The van der Waals surface area contributed by atoms with Crippen LogP contribution in [0.2, 0.25) is 0 Å². The summed E-state index contributed by atoms with van der Waals surface area (Å²) in [6, 6.07) is 9.47. The Kier molecular flexibility index (Phi) is 2.92. The van der Waals surface area contributed by atoms with E-state index in [2.05, 4.69) is 15.0 Å². The zero-order chi connectivity index (χ0) is 13.2. The van der Waals surface area contributed by atoms with Crippen LogP contribution in [0.15, 0.2) is 52.9 Å². The first-order chi connectivity index (χ1) is 9.24. The van der Waals surface area contributed by atoms with Crippen molar-refractivity contribution >= 4 is 28.5 Å². The van der Waals surface area contributed by atoms with Crippen LogP contribution in [0.1, 0.15) is 5.56 Å². The van der Waals surface area contributed by atoms with Crippen molar-refractivity contribution in [1.82, 2.24) is 15.0 Å². The van der Waals surface area contributed by atoms with E-state index in [0.717, 1.165) is 21.1 Å². The molecular formula is C13H11N5S. The van der Waals surface area contributed by atoms with Gasteiger partial charge in [-0.2, -0.15) is 0 Å². The summed E-state index contributed by atoms with van der Waals surface area (Å²) in [5.74, 6) is 0.0416. The lowest BCUT2D eigenvalue weighted by Crippen LogP contribution is -2.12. The van der Waals surface area contributed by atoms with Crippen LogP contribution in [0.3, 0.4) is 0 Å². The molecule has 6 heteroatoms. The maximum absolute atomic E-state index is 7.68. The van der Waals surface area contributed by atoms with Crippen molar-refractivity contribution in [2.45, 2.75) is 10.2 Å². The van der Waals surface area contributed by atoms with Gasteiger partial charge in [-0.3, -0.25) is 5.41 Å². The Morgan fingerprint density at radius 1 is 1.32 bits per heavy atom. The lowest BCUT2D eigenvalue weighted by Gasteiger charge is -2.07. The second kappa shape index (κ2) is 4.74. The SMILES string of the molecule is N=C(N)c1cc(Sc2ncc[nH]2)nc2ccccc12. The highest BCUT2D eigenvalue weighted by Crippen LogP contribution is 2.27. The number of imidazole rings is 1. The molecule has 0 aliphatic heterocycles. The van der Waals surface area contributed by atoms with E-state index >= 15 is 0 Å². The second-order valence-electron chi connectivity index (χ2n) is 3.94. The minimum atomic E-state index is 0.0416. The van der Waals surface area contributed by atoms with Crippen LogP contribution in [0.5, 0.6) is 0 Å². The zero-order valence-corrected chi connectivity index (χ0v) is 10.7. The minimum absolute atomic E-state index is 0.0416. The molecule has 0 amide bonds. The van der Waals surface area contributed by atoms with Crippen LogP contribution in [0, 0.1) is 5.41 Å². The van der Waals surface area contributed by atoms with E-state index in [0.29, 0.717) is 5.56 Å². The summed E-state index contributed by atoms with van der Waals surface area (Å²) in [6.45, 7) is 0. The summed E-state index contributed by atoms with van der Waals surface area (Å²) in [4.78, 5) is 11.7. The molecule has 2 heterocycles. The van der Waals surface area contributed by atoms with E-state index < -0.39 is 0 Å². The Hall–Kier alpha value is -2.34. The average molecular weight is 269 g/mol. The number of H-pyrrole nitrogens is 1. The zero-order valence-electron chi connectivity index (χ0n) is 9.92. The highest BCUT2D eigenvalue weighted by Gasteiger charge is 2.09. The number of aromatic nitrogens is 3. The molecule has 5 nitrogen and oxygen atoms in total. The molecule has 0 aliphatic rings. The van der Waals surface area contributed by atoms with Gasteiger partial charge in [0.25, 0.3) is 0 Å². The molecule has 0 atom stereocenters. The van der Waals surface area contributed by atoms with E-state index in [1.54, 1.807) is 12.4 Å². The fourth-order valence-corrected chi connectivity index (χ4v) is 2.59. The third-order valence-corrected chi connectivity index (χ3v) is 3.49. The first-order valence-electron chi connectivity index (χ1n) is 5.65. The molecule has 0 saturated heterocycles. The van der Waals surface area contributed by atoms with E-state index in [-0.39, 0.29) is 5.84 Å². The largest absolute Gasteiger partial charge is 0.384 e. The molecule has 4 N–H and O–H groups in total. The molecule has 0 saturated carbocycles. The first kappa shape index (κ1) is 11.7. The van der Waals surface area contributed by atoms with Gasteiger partial charge in [0.15, 0.2) is 5.16 Å². The number of hydrogen-bond acceptors (Lipinski definition) is 4. The van der Waals surface area contributed by atoms with Gasteiger partial charge >= 0.3 is 0 Å². The summed E-state index contributed by atoms with van der Waals surface area (Å²) >= 11 is 1.41. The quantitative estimate of drug-likeness (QED) is 0.503. The summed E-state index contributed by atoms with van der Waals surface area (Å²) < 4.78 is 0. The van der Waals surface area contributed by atoms with Gasteiger partial charge < -0.3 is 10.7 Å². The minimum Gasteiger partial charge on any atom is -0.384 e. The molecule has 0 spiro atoms. The molecule has 3 rings (SSSR count). The molecule has 0 aliphatic carbocycles. The monoisotopic (exact) mass is 269 g/mol. The maximum Gasteiger partial charge on any atom is 0.171 e. The second-order valence-corrected chi connectivity index (χ2v) is 4.94. The van der Waals surface area contributed by atoms with Gasteiger partial charge in [-0.15, -0.1) is 0 Å². The summed E-state index contributed by atoms with van der Waals surface area (Å²) in [7, 11) is 0. The Morgan fingerprint density at radius 3 is 2.89 bits per heavy atom. The number of fused-ring (bicyclic) bond motifs is 1. The Balaban J connectivity index is 2.13. The predicted molar refractivity (Wildman–Crippen MR) is 75.5 cm³/mol. The van der Waals surface area contributed by atoms with E-state index in [1.165, 1.54) is 11.8 Å². The highest BCUT2D eigenvalue weighted by molar-refractivity contribution is 7.99. The van der Waals surface area contributed by atoms with Crippen molar-refractivity contribution in [1.29, 1.82) is 5.41 Å². The highest BCUT2D eigenvalue weighted by atomic mass is 32.2. The van der Waals surface area contributed by atoms with Crippen molar-refractivity contribution in [3.8, 4) is 0 Å². The number of rotatable bonds is 3. The number of nitrogens with one attached hydrogen (secondary N) is 2. The number of para-hydroxylation sites is 1. The Bertz CT molecular complexity index is 736. The third-order valence-electron chi connectivity index (χ3n) is 2.66. The number of pyridine rings is 1. The molecular weight excluding hydrogens is 258 g/mol. The number of nitrogens with two attached hydrogens (primary N) is 1. The maximum atomic E-state index is 7.68. The van der Waals surface area contributed by atoms with Gasteiger partial charge in [0.2, 0.25) is 0 Å². The first-order valence-corrected chi connectivity index (χ1v) is 6.47. The summed E-state index contributed by atoms with van der Waals surface area (Å²) in [6.07, 6.45) is 3.45. The molecule has 3 aromatic rings. The molecule has 0 bridgehead atoms. The lowest BCUT2D eigenvalue weighted by molar-refractivity contribution is 1.05. The smallest absolute Gasteiger partial charge is 0.171 e. The number of amidine groups is 1. The van der Waals surface area contributed by atoms with E-state index in [4.69, 9.17) is 11.1 Å². The van der Waals surface area contributed by atoms with Crippen LogP contribution in [0.25, 0.3) is 10.9 Å². The topological polar surface area (TPSA) is 91.4 Å². The van der Waals surface area contributed by atoms with E-state index in [1.807, 2.05) is 30.3 Å². The van der Waals surface area contributed by atoms with Gasteiger partial charge in [-0.1, -0.05) is 18.2 Å². The van der Waals surface area contributed by atoms with Crippen molar-refractivity contribution in [2.75, 3.05) is 0 Å². The standard InChI is InChI=1S/C13H11N5S/c14-12(15)9-7-11(19-13-16-5-6-17-13)18-10-4-2-1-3-8(9)10/h1-7H,(H3,14,15)(H,16,17). The van der Waals surface area contributed by atoms with Gasteiger partial charge in [-0.05, 0) is 23.9 Å². The van der Waals surface area contributed by atoms with Crippen molar-refractivity contribution in [2.24, 2.45) is 5.73 Å². The summed E-state index contributed by atoms with van der Waals surface area (Å²) in [5, 5.41) is 10.1. The van der Waals surface area contributed by atoms with Gasteiger partial charge in [0.1, 0.15) is 10.9 Å². The van der Waals surface area contributed by atoms with Crippen LogP contribution < -0.4 is 5.73 Å². The number of nitrogen functional groups attached to an aromatic ring is 1. The van der Waals surface area contributed by atoms with Crippen molar-refractivity contribution in [3.63, 3.8) is 0 Å². The fraction of sp³-hybridized carbons (Fsp3) is 0. The molecule has 0 radical (unpaired) electrons. The van der Waals surface area contributed by atoms with Crippen LogP contribution in [-0.2, 0) is 0 Å². The number of hydrogen-bond donors (Lipinski definition) is 3. The van der Waals surface area contributed by atoms with Crippen molar-refractivity contribution in [3.05, 3.63) is 48.3 Å². The number of aromatic amines is 1. The molecule has 2 aromatic heterocycles. The number of benzene rings is 1. The Morgan fingerprint density at radius 2 is 2.16 bits per heavy atom. The average Bonchev–Trinajstić information content (AvgIpc) is 2.90. The van der Waals surface area contributed by atoms with Gasteiger partial charge in [0, 0.05) is 23.3 Å². The fourth-order valence-electron chi connectivity index (χ4n) is 1.83. The van der Waals surface area contributed by atoms with E-state index in [9.17, 15) is 0 Å². The molecule has 94 valence electrons. The van der Waals surface area contributed by atoms with Crippen LogP contribution >= 0.6 is 11.8 Å². The summed E-state index contributed by atoms with van der Waals surface area (Å²) in [5.41, 5.74) is 7.16. The molecule has 0 fully saturated rings. The molecule has 19 heavy (non-hydrogen) atoms. The van der Waals surface area contributed by atoms with Gasteiger partial charge in [-0.25, -0.2) is 9.97 Å². The van der Waals surface area contributed by atoms with Gasteiger partial charge in [0.05, 0.1) is 5.52 Å².